The van der Waals surface area contributed by atoms with Gasteiger partial charge in [0.05, 0.1) is 5.71 Å². The van der Waals surface area contributed by atoms with Crippen LogP contribution in [0.2, 0.25) is 5.02 Å². The molecule has 3 rings (SSSR count). The van der Waals surface area contributed by atoms with Crippen molar-refractivity contribution < 1.29 is 23.9 Å². The van der Waals surface area contributed by atoms with Crippen LogP contribution in [0, 0.1) is 13.8 Å². The summed E-state index contributed by atoms with van der Waals surface area (Å²) in [6.07, 6.45) is 2.65. The van der Waals surface area contributed by atoms with E-state index in [4.69, 9.17) is 31.0 Å². The van der Waals surface area contributed by atoms with Crippen molar-refractivity contribution in [2.75, 3.05) is 12.8 Å². The molecule has 3 aromatic rings. The summed E-state index contributed by atoms with van der Waals surface area (Å²) in [5.74, 6) is 0.759. The third kappa shape index (κ3) is 9.98. The van der Waals surface area contributed by atoms with Gasteiger partial charge in [0.1, 0.15) is 5.75 Å². The summed E-state index contributed by atoms with van der Waals surface area (Å²) in [7, 11) is -3.89. The SMILES string of the molecule is C/C(=N\OCC(Oc1ccc(C)c(C)c1)c1cccc(Cl)c1)c1ccc(CCCCCP(=O)(O)O)cc1. The maximum absolute atomic E-state index is 10.9. The summed E-state index contributed by atoms with van der Waals surface area (Å²) in [5.41, 5.74) is 6.15. The maximum Gasteiger partial charge on any atom is 0.325 e. The largest absolute Gasteiger partial charge is 0.482 e. The zero-order valence-electron chi connectivity index (χ0n) is 21.6. The van der Waals surface area contributed by atoms with E-state index in [1.54, 1.807) is 0 Å². The van der Waals surface area contributed by atoms with Gasteiger partial charge in [-0.15, -0.1) is 0 Å². The molecule has 0 aliphatic rings. The summed E-state index contributed by atoms with van der Waals surface area (Å²) >= 11 is 6.23. The Kier molecular flexibility index (Phi) is 10.8. The Morgan fingerprint density at radius 2 is 1.73 bits per heavy atom. The predicted molar refractivity (Wildman–Crippen MR) is 150 cm³/mol. The molecule has 0 radical (unpaired) electrons. The maximum atomic E-state index is 10.9. The van der Waals surface area contributed by atoms with E-state index >= 15 is 0 Å². The highest BCUT2D eigenvalue weighted by Gasteiger charge is 2.16. The number of ether oxygens (including phenoxy) is 1. The molecule has 0 heterocycles. The minimum absolute atomic E-state index is 0.0462. The first kappa shape index (κ1) is 28.9. The number of oxime groups is 1. The van der Waals surface area contributed by atoms with Gasteiger partial charge in [-0.1, -0.05) is 65.6 Å². The van der Waals surface area contributed by atoms with Gasteiger partial charge in [-0.25, -0.2) is 0 Å². The third-order valence-corrected chi connectivity index (χ3v) is 7.33. The molecule has 0 amide bonds. The first-order chi connectivity index (χ1) is 17.6. The molecule has 0 spiro atoms. The van der Waals surface area contributed by atoms with Crippen LogP contribution in [0.5, 0.6) is 5.75 Å². The van der Waals surface area contributed by atoms with Crippen molar-refractivity contribution in [3.8, 4) is 5.75 Å². The van der Waals surface area contributed by atoms with Gasteiger partial charge in [-0.05, 0) is 92.1 Å². The van der Waals surface area contributed by atoms with E-state index in [0.717, 1.165) is 47.4 Å². The van der Waals surface area contributed by atoms with Crippen molar-refractivity contribution in [3.63, 3.8) is 0 Å². The Morgan fingerprint density at radius 3 is 2.41 bits per heavy atom. The highest BCUT2D eigenvalue weighted by Crippen LogP contribution is 2.35. The molecule has 0 fully saturated rings. The summed E-state index contributed by atoms with van der Waals surface area (Å²) < 4.78 is 17.2. The summed E-state index contributed by atoms with van der Waals surface area (Å²) in [6.45, 7) is 6.24. The zero-order chi connectivity index (χ0) is 26.8. The molecule has 6 nitrogen and oxygen atoms in total. The van der Waals surface area contributed by atoms with Crippen LogP contribution in [0.4, 0.5) is 0 Å². The highest BCUT2D eigenvalue weighted by atomic mass is 35.5. The molecule has 1 atom stereocenters. The fourth-order valence-electron chi connectivity index (χ4n) is 3.85. The number of rotatable bonds is 13. The minimum atomic E-state index is -3.89. The number of benzene rings is 3. The smallest absolute Gasteiger partial charge is 0.325 e. The molecule has 37 heavy (non-hydrogen) atoms. The highest BCUT2D eigenvalue weighted by molar-refractivity contribution is 7.51. The lowest BCUT2D eigenvalue weighted by Crippen LogP contribution is -2.14. The molecule has 2 N–H and O–H groups in total. The van der Waals surface area contributed by atoms with Crippen molar-refractivity contribution >= 4 is 24.9 Å². The average Bonchev–Trinajstić information content (AvgIpc) is 2.85. The lowest BCUT2D eigenvalue weighted by molar-refractivity contribution is 0.0533. The van der Waals surface area contributed by atoms with Crippen LogP contribution in [-0.2, 0) is 15.8 Å². The number of hydrogen-bond donors (Lipinski definition) is 2. The van der Waals surface area contributed by atoms with Crippen LogP contribution < -0.4 is 4.74 Å². The van der Waals surface area contributed by atoms with Crippen molar-refractivity contribution in [3.05, 3.63) is 99.6 Å². The molecule has 0 aliphatic carbocycles. The fraction of sp³-hybridized carbons (Fsp3) is 0.345. The molecule has 0 aromatic heterocycles. The molecule has 0 aliphatic heterocycles. The second kappa shape index (κ2) is 13.8. The standard InChI is InChI=1S/C29H35ClNO5P/c1-21-11-16-28(18-22(21)2)36-29(26-9-7-10-27(30)19-26)20-35-31-23(3)25-14-12-24(13-15-25)8-5-4-6-17-37(32,33)34/h7,9-16,18-19,29H,4-6,8,17,20H2,1-3H3,(H2,32,33,34)/b31-23+. The molecular formula is C29H35ClNO5P. The van der Waals surface area contributed by atoms with Crippen molar-refractivity contribution in [2.45, 2.75) is 52.6 Å². The van der Waals surface area contributed by atoms with E-state index in [1.807, 2.05) is 61.5 Å². The Morgan fingerprint density at radius 1 is 0.973 bits per heavy atom. The van der Waals surface area contributed by atoms with E-state index < -0.39 is 7.60 Å². The number of halogens is 1. The van der Waals surface area contributed by atoms with E-state index in [-0.39, 0.29) is 18.9 Å². The monoisotopic (exact) mass is 543 g/mol. The fourth-order valence-corrected chi connectivity index (χ4v) is 4.68. The Bertz CT molecular complexity index is 1240. The predicted octanol–water partition coefficient (Wildman–Crippen LogP) is 7.41. The number of hydrogen-bond acceptors (Lipinski definition) is 4. The normalized spacial score (nSPS) is 12.9. The average molecular weight is 544 g/mol. The van der Waals surface area contributed by atoms with E-state index in [2.05, 4.69) is 31.1 Å². The molecule has 1 unspecified atom stereocenters. The van der Waals surface area contributed by atoms with Gasteiger partial charge in [0, 0.05) is 11.2 Å². The minimum Gasteiger partial charge on any atom is -0.482 e. The summed E-state index contributed by atoms with van der Waals surface area (Å²) in [6, 6.07) is 21.7. The van der Waals surface area contributed by atoms with Crippen molar-refractivity contribution in [1.29, 1.82) is 0 Å². The second-order valence-electron chi connectivity index (χ2n) is 9.28. The third-order valence-electron chi connectivity index (χ3n) is 6.19. The second-order valence-corrected chi connectivity index (χ2v) is 11.5. The van der Waals surface area contributed by atoms with Crippen LogP contribution in [0.25, 0.3) is 0 Å². The summed E-state index contributed by atoms with van der Waals surface area (Å²) in [4.78, 5) is 23.6. The topological polar surface area (TPSA) is 88.4 Å². The van der Waals surface area contributed by atoms with Gasteiger partial charge in [-0.2, -0.15) is 0 Å². The van der Waals surface area contributed by atoms with Crippen LogP contribution in [0.3, 0.4) is 0 Å². The molecule has 3 aromatic carbocycles. The number of unbranched alkanes of at least 4 members (excludes halogenated alkanes) is 2. The van der Waals surface area contributed by atoms with Crippen molar-refractivity contribution in [2.24, 2.45) is 5.16 Å². The molecule has 0 saturated carbocycles. The molecule has 0 bridgehead atoms. The Balaban J connectivity index is 1.58. The lowest BCUT2D eigenvalue weighted by Gasteiger charge is -2.19. The quantitative estimate of drug-likeness (QED) is 0.101. The van der Waals surface area contributed by atoms with Gasteiger partial charge in [0.2, 0.25) is 0 Å². The van der Waals surface area contributed by atoms with Crippen LogP contribution in [0.15, 0.2) is 71.9 Å². The molecule has 198 valence electrons. The van der Waals surface area contributed by atoms with Gasteiger partial charge in [0.15, 0.2) is 12.7 Å². The summed E-state index contributed by atoms with van der Waals surface area (Å²) in [5, 5.41) is 4.96. The molecule has 0 saturated heterocycles. The van der Waals surface area contributed by atoms with Gasteiger partial charge in [0.25, 0.3) is 0 Å². The van der Waals surface area contributed by atoms with Gasteiger partial charge in [-0.3, -0.25) is 4.57 Å². The van der Waals surface area contributed by atoms with Crippen molar-refractivity contribution in [1.82, 2.24) is 0 Å². The first-order valence-corrected chi connectivity index (χ1v) is 14.6. The van der Waals surface area contributed by atoms with Crippen LogP contribution >= 0.6 is 19.2 Å². The number of nitrogens with zero attached hydrogens (tertiary/aromatic N) is 1. The first-order valence-electron chi connectivity index (χ1n) is 12.4. The Labute approximate surface area is 224 Å². The zero-order valence-corrected chi connectivity index (χ0v) is 23.2. The van der Waals surface area contributed by atoms with E-state index in [0.29, 0.717) is 11.4 Å². The Hall–Kier alpha value is -2.63. The molecular weight excluding hydrogens is 509 g/mol. The van der Waals surface area contributed by atoms with Crippen LogP contribution in [-0.4, -0.2) is 28.3 Å². The van der Waals surface area contributed by atoms with E-state index in [1.165, 1.54) is 11.1 Å². The van der Waals surface area contributed by atoms with Crippen LogP contribution in [0.1, 0.15) is 60.1 Å². The molecule has 8 heteroatoms. The van der Waals surface area contributed by atoms with E-state index in [9.17, 15) is 4.57 Å². The van der Waals surface area contributed by atoms with Gasteiger partial charge < -0.3 is 19.4 Å². The number of aryl methyl sites for hydroxylation is 3. The van der Waals surface area contributed by atoms with Gasteiger partial charge >= 0.3 is 7.60 Å². The lowest BCUT2D eigenvalue weighted by atomic mass is 10.0.